The van der Waals surface area contributed by atoms with Crippen LogP contribution in [0, 0.1) is 0 Å². The van der Waals surface area contributed by atoms with Crippen molar-refractivity contribution in [2.24, 2.45) is 0 Å². The van der Waals surface area contributed by atoms with Crippen LogP contribution in [-0.2, 0) is 14.3 Å². The fourth-order valence-electron chi connectivity index (χ4n) is 4.85. The zero-order valence-corrected chi connectivity index (χ0v) is 22.7. The second kappa shape index (κ2) is 11.9. The Kier molecular flexibility index (Phi) is 8.46. The summed E-state index contributed by atoms with van der Waals surface area (Å²) >= 11 is 0. The molecule has 2 aromatic carbocycles. The highest BCUT2D eigenvalue weighted by Crippen LogP contribution is 2.42. The van der Waals surface area contributed by atoms with Crippen molar-refractivity contribution in [2.75, 3.05) is 37.9 Å². The quantitative estimate of drug-likeness (QED) is 0.126. The summed E-state index contributed by atoms with van der Waals surface area (Å²) in [6.45, 7) is 12.9. The van der Waals surface area contributed by atoms with E-state index in [2.05, 4.69) is 73.6 Å². The standard InChI is InChI=1S/C31H35N2O5/c1-6-32(7-2)22-14-16-26-28(18-22)38-29-19-23(33(8-3)9-4)15-17-27(29)30(26)24-12-10-11-13-25(24)31(35)37-20-36-21(5)34/h10-19H,6-9,20H2,1-5H3/q+1. The number of carbonyl (C=O) groups is 2. The van der Waals surface area contributed by atoms with E-state index in [0.717, 1.165) is 70.6 Å². The van der Waals surface area contributed by atoms with Gasteiger partial charge in [0.05, 0.1) is 11.6 Å². The molecule has 0 atom stereocenters. The summed E-state index contributed by atoms with van der Waals surface area (Å²) in [5, 5.41) is 1.97. The van der Waals surface area contributed by atoms with Crippen LogP contribution in [0.1, 0.15) is 45.0 Å². The molecule has 2 aromatic rings. The van der Waals surface area contributed by atoms with E-state index in [9.17, 15) is 9.59 Å². The van der Waals surface area contributed by atoms with E-state index >= 15 is 0 Å². The number of carbonyl (C=O) groups excluding carboxylic acids is 2. The molecule has 4 rings (SSSR count). The van der Waals surface area contributed by atoms with Gasteiger partial charge < -0.3 is 18.8 Å². The number of ether oxygens (including phenoxy) is 2. The van der Waals surface area contributed by atoms with E-state index in [1.807, 2.05) is 12.1 Å². The van der Waals surface area contributed by atoms with Gasteiger partial charge >= 0.3 is 11.9 Å². The topological polar surface area (TPSA) is 72.0 Å². The fraction of sp³-hybridized carbons (Fsp3) is 0.323. The molecule has 1 aliphatic heterocycles. The number of nitrogens with zero attached hydrogens (tertiary/aromatic N) is 2. The third kappa shape index (κ3) is 5.42. The van der Waals surface area contributed by atoms with Gasteiger partial charge in [-0.1, -0.05) is 18.2 Å². The number of rotatable bonds is 9. The third-order valence-corrected chi connectivity index (χ3v) is 6.81. The zero-order valence-electron chi connectivity index (χ0n) is 22.7. The predicted molar refractivity (Wildman–Crippen MR) is 150 cm³/mol. The molecule has 0 spiro atoms. The van der Waals surface area contributed by atoms with Crippen LogP contribution in [-0.4, -0.2) is 44.9 Å². The number of benzene rings is 3. The third-order valence-electron chi connectivity index (χ3n) is 6.81. The molecule has 1 aliphatic carbocycles. The van der Waals surface area contributed by atoms with E-state index in [1.165, 1.54) is 6.92 Å². The molecule has 7 heteroatoms. The number of fused-ring (bicyclic) bond motifs is 2. The van der Waals surface area contributed by atoms with Gasteiger partial charge in [0.1, 0.15) is 24.4 Å². The van der Waals surface area contributed by atoms with Crippen molar-refractivity contribution < 1.29 is 23.5 Å². The molecule has 38 heavy (non-hydrogen) atoms. The molecule has 0 radical (unpaired) electrons. The molecule has 0 aromatic heterocycles. The molecule has 0 amide bonds. The maximum absolute atomic E-state index is 13.1. The molecule has 0 N–H and O–H groups in total. The van der Waals surface area contributed by atoms with Crippen LogP contribution in [0.5, 0.6) is 0 Å². The first kappa shape index (κ1) is 26.9. The maximum atomic E-state index is 13.1. The highest BCUT2D eigenvalue weighted by molar-refractivity contribution is 6.08. The van der Waals surface area contributed by atoms with Crippen molar-refractivity contribution in [1.29, 1.82) is 0 Å². The first-order valence-electron chi connectivity index (χ1n) is 13.1. The van der Waals surface area contributed by atoms with E-state index in [0.29, 0.717) is 5.56 Å². The Labute approximate surface area is 223 Å². The molecule has 7 nitrogen and oxygen atoms in total. The Bertz CT molecular complexity index is 1490. The largest absolute Gasteiger partial charge is 0.456 e. The van der Waals surface area contributed by atoms with E-state index < -0.39 is 18.7 Å². The summed E-state index contributed by atoms with van der Waals surface area (Å²) in [5.74, 6) is -0.346. The first-order valence-corrected chi connectivity index (χ1v) is 13.1. The average Bonchev–Trinajstić information content (AvgIpc) is 2.92. The van der Waals surface area contributed by atoms with Crippen LogP contribution >= 0.6 is 0 Å². The van der Waals surface area contributed by atoms with Crippen LogP contribution in [0.15, 0.2) is 65.1 Å². The lowest BCUT2D eigenvalue weighted by Crippen LogP contribution is -2.29. The fourth-order valence-corrected chi connectivity index (χ4v) is 4.85. The average molecular weight is 516 g/mol. The minimum Gasteiger partial charge on any atom is -0.456 e. The molecule has 2 aliphatic rings. The Morgan fingerprint density at radius 2 is 1.61 bits per heavy atom. The van der Waals surface area contributed by atoms with Crippen molar-refractivity contribution in [3.63, 3.8) is 0 Å². The monoisotopic (exact) mass is 515 g/mol. The minimum absolute atomic E-state index is 0.383. The molecule has 0 saturated heterocycles. The highest BCUT2D eigenvalue weighted by Gasteiger charge is 2.23. The second-order valence-corrected chi connectivity index (χ2v) is 8.91. The van der Waals surface area contributed by atoms with Gasteiger partial charge in [-0.25, -0.2) is 9.37 Å². The summed E-state index contributed by atoms with van der Waals surface area (Å²) in [5.41, 5.74) is 4.69. The highest BCUT2D eigenvalue weighted by atomic mass is 16.7. The van der Waals surface area contributed by atoms with Crippen LogP contribution in [0.3, 0.4) is 0 Å². The van der Waals surface area contributed by atoms with Gasteiger partial charge in [0.2, 0.25) is 12.2 Å². The molecular formula is C31H35N2O5+. The Morgan fingerprint density at radius 3 is 2.29 bits per heavy atom. The van der Waals surface area contributed by atoms with Gasteiger partial charge in [-0.3, -0.25) is 4.79 Å². The van der Waals surface area contributed by atoms with Crippen molar-refractivity contribution in [1.82, 2.24) is 4.58 Å². The number of anilines is 1. The van der Waals surface area contributed by atoms with E-state index in [4.69, 9.17) is 13.9 Å². The first-order chi connectivity index (χ1) is 18.4. The van der Waals surface area contributed by atoms with Gasteiger partial charge in [-0.05, 0) is 57.5 Å². The van der Waals surface area contributed by atoms with Gasteiger partial charge in [0.25, 0.3) is 0 Å². The van der Waals surface area contributed by atoms with Crippen molar-refractivity contribution in [3.8, 4) is 22.5 Å². The van der Waals surface area contributed by atoms with Gasteiger partial charge in [0, 0.05) is 54.3 Å². The van der Waals surface area contributed by atoms with Crippen molar-refractivity contribution in [2.45, 2.75) is 34.6 Å². The predicted octanol–water partition coefficient (Wildman–Crippen LogP) is 5.54. The smallest absolute Gasteiger partial charge is 0.341 e. The Balaban J connectivity index is 2.00. The Hall–Kier alpha value is -4.13. The molecule has 0 bridgehead atoms. The summed E-state index contributed by atoms with van der Waals surface area (Å²) in [4.78, 5) is 26.5. The Morgan fingerprint density at radius 1 is 0.868 bits per heavy atom. The minimum atomic E-state index is -0.566. The lowest BCUT2D eigenvalue weighted by Gasteiger charge is -2.22. The lowest BCUT2D eigenvalue weighted by atomic mass is 9.90. The molecule has 198 valence electrons. The lowest BCUT2D eigenvalue weighted by molar-refractivity contribution is -0.149. The van der Waals surface area contributed by atoms with Crippen LogP contribution < -0.4 is 14.8 Å². The molecular weight excluding hydrogens is 480 g/mol. The molecule has 1 heterocycles. The maximum Gasteiger partial charge on any atom is 0.341 e. The normalized spacial score (nSPS) is 11.0. The summed E-state index contributed by atoms with van der Waals surface area (Å²) in [7, 11) is 0. The summed E-state index contributed by atoms with van der Waals surface area (Å²) in [6, 6.07) is 19.7. The molecule has 0 saturated carbocycles. The van der Waals surface area contributed by atoms with Crippen molar-refractivity contribution in [3.05, 3.63) is 71.6 Å². The zero-order chi connectivity index (χ0) is 27.2. The van der Waals surface area contributed by atoms with Gasteiger partial charge in [-0.15, -0.1) is 0 Å². The van der Waals surface area contributed by atoms with Crippen LogP contribution in [0.25, 0.3) is 33.4 Å². The van der Waals surface area contributed by atoms with Gasteiger partial charge in [-0.2, -0.15) is 0 Å². The number of hydrogen-bond acceptors (Lipinski definition) is 6. The number of esters is 2. The van der Waals surface area contributed by atoms with Crippen molar-refractivity contribution >= 4 is 28.6 Å². The molecule has 0 fully saturated rings. The van der Waals surface area contributed by atoms with E-state index in [-0.39, 0.29) is 0 Å². The molecule has 0 unspecified atom stereocenters. The van der Waals surface area contributed by atoms with E-state index in [1.54, 1.807) is 12.1 Å². The van der Waals surface area contributed by atoms with Crippen LogP contribution in [0.4, 0.5) is 5.69 Å². The summed E-state index contributed by atoms with van der Waals surface area (Å²) < 4.78 is 18.9. The number of hydrogen-bond donors (Lipinski definition) is 0. The second-order valence-electron chi connectivity index (χ2n) is 8.91. The van der Waals surface area contributed by atoms with Crippen LogP contribution in [0.2, 0.25) is 0 Å². The SMILES string of the molecule is CCN(CC)c1ccc2c(-c3ccccc3C(=O)OCOC(C)=O)c3ccc(=[N+](CC)CC)cc-3oc2c1. The summed E-state index contributed by atoms with van der Waals surface area (Å²) in [6.07, 6.45) is 0. The van der Waals surface area contributed by atoms with Gasteiger partial charge in [0.15, 0.2) is 0 Å².